The summed E-state index contributed by atoms with van der Waals surface area (Å²) in [6.07, 6.45) is 2.20. The Morgan fingerprint density at radius 3 is 2.77 bits per heavy atom. The molecule has 1 aliphatic carbocycles. The quantitative estimate of drug-likeness (QED) is 0.483. The molecule has 2 rings (SSSR count). The zero-order valence-corrected chi connectivity index (χ0v) is 7.16. The van der Waals surface area contributed by atoms with E-state index in [4.69, 9.17) is 5.11 Å². The molecule has 0 saturated heterocycles. The average Bonchev–Trinajstić information content (AvgIpc) is 2.18. The third-order valence-corrected chi connectivity index (χ3v) is 2.36. The van der Waals surface area contributed by atoms with Gasteiger partial charge in [-0.15, -0.1) is 0 Å². The normalized spacial score (nSPS) is 18.8. The van der Waals surface area contributed by atoms with Crippen molar-refractivity contribution in [2.75, 3.05) is 0 Å². The molecule has 0 radical (unpaired) electrons. The van der Waals surface area contributed by atoms with Gasteiger partial charge in [0.15, 0.2) is 5.78 Å². The largest absolute Gasteiger partial charge is 0.515 e. The maximum absolute atomic E-state index is 11.4. The fourth-order valence-electron chi connectivity index (χ4n) is 1.68. The Morgan fingerprint density at radius 1 is 1.23 bits per heavy atom. The highest BCUT2D eigenvalue weighted by atomic mass is 16.2. The number of carbonyl (C=O) groups excluding carboxylic acids is 1. The summed E-state index contributed by atoms with van der Waals surface area (Å²) >= 11 is 0. The highest BCUT2D eigenvalue weighted by molar-refractivity contribution is 6.21. The molecular weight excluding hydrogens is 164 g/mol. The van der Waals surface area contributed by atoms with Crippen LogP contribution in [0.3, 0.4) is 0 Å². The fourth-order valence-corrected chi connectivity index (χ4v) is 1.68. The first-order valence-corrected chi connectivity index (χ1v) is 4.29. The Morgan fingerprint density at radius 2 is 2.00 bits per heavy atom. The predicted octanol–water partition coefficient (Wildman–Crippen LogP) is 2.10. The third kappa shape index (κ3) is 1.24. The summed E-state index contributed by atoms with van der Waals surface area (Å²) in [6, 6.07) is 7.68. The molecule has 0 bridgehead atoms. The maximum Gasteiger partial charge on any atom is 0.166 e. The number of hydrogen-bond donors (Lipinski definition) is 1. The number of ketones is 1. The first kappa shape index (κ1) is 8.05. The van der Waals surface area contributed by atoms with E-state index in [0.717, 1.165) is 23.8 Å². The van der Waals surface area contributed by atoms with E-state index in [1.54, 1.807) is 0 Å². The van der Waals surface area contributed by atoms with Crippen molar-refractivity contribution in [3.8, 4) is 0 Å². The first-order chi connectivity index (χ1) is 6.33. The minimum absolute atomic E-state index is 0.0289. The van der Waals surface area contributed by atoms with E-state index in [-0.39, 0.29) is 5.78 Å². The summed E-state index contributed by atoms with van der Waals surface area (Å²) < 4.78 is 0. The molecule has 0 amide bonds. The molecule has 0 heterocycles. The van der Waals surface area contributed by atoms with Gasteiger partial charge < -0.3 is 5.11 Å². The number of carbonyl (C=O) groups is 1. The van der Waals surface area contributed by atoms with Gasteiger partial charge in [0.05, 0.1) is 11.8 Å². The zero-order valence-electron chi connectivity index (χ0n) is 7.16. The summed E-state index contributed by atoms with van der Waals surface area (Å²) in [5.74, 6) is 0.0289. The molecule has 0 saturated carbocycles. The number of benzene rings is 1. The van der Waals surface area contributed by atoms with Crippen LogP contribution in [0.1, 0.15) is 17.5 Å². The van der Waals surface area contributed by atoms with Gasteiger partial charge in [0.2, 0.25) is 0 Å². The second-order valence-corrected chi connectivity index (χ2v) is 3.12. The Hall–Kier alpha value is -1.57. The molecule has 2 heteroatoms. The molecule has 0 unspecified atom stereocenters. The van der Waals surface area contributed by atoms with Crippen molar-refractivity contribution in [1.29, 1.82) is 0 Å². The van der Waals surface area contributed by atoms with Crippen molar-refractivity contribution in [3.05, 3.63) is 41.7 Å². The monoisotopic (exact) mass is 174 g/mol. The van der Waals surface area contributed by atoms with Gasteiger partial charge in [0.25, 0.3) is 0 Å². The summed E-state index contributed by atoms with van der Waals surface area (Å²) in [6.45, 7) is 0. The van der Waals surface area contributed by atoms with Gasteiger partial charge in [0.1, 0.15) is 0 Å². The van der Waals surface area contributed by atoms with Crippen molar-refractivity contribution < 1.29 is 9.90 Å². The van der Waals surface area contributed by atoms with Crippen LogP contribution in [0.2, 0.25) is 0 Å². The van der Waals surface area contributed by atoms with Crippen LogP contribution in [0.25, 0.3) is 5.57 Å². The average molecular weight is 174 g/mol. The number of aliphatic hydroxyl groups excluding tert-OH is 1. The minimum atomic E-state index is 0.0289. The molecular formula is C11H10O2. The smallest absolute Gasteiger partial charge is 0.166 e. The lowest BCUT2D eigenvalue weighted by Gasteiger charge is -2.16. The van der Waals surface area contributed by atoms with Crippen molar-refractivity contribution in [3.63, 3.8) is 0 Å². The predicted molar refractivity (Wildman–Crippen MR) is 50.4 cm³/mol. The molecule has 0 spiro atoms. The molecule has 0 atom stereocenters. The second kappa shape index (κ2) is 3.05. The lowest BCUT2D eigenvalue weighted by Crippen LogP contribution is -2.12. The van der Waals surface area contributed by atoms with Crippen molar-refractivity contribution in [2.45, 2.75) is 12.8 Å². The Labute approximate surface area is 76.5 Å². The van der Waals surface area contributed by atoms with Gasteiger partial charge in [-0.2, -0.15) is 0 Å². The number of fused-ring (bicyclic) bond motifs is 1. The Balaban J connectivity index is 2.58. The highest BCUT2D eigenvalue weighted by Crippen LogP contribution is 2.27. The van der Waals surface area contributed by atoms with Crippen LogP contribution >= 0.6 is 0 Å². The van der Waals surface area contributed by atoms with Gasteiger partial charge in [-0.3, -0.25) is 4.79 Å². The number of Topliss-reactive ketones (excluding diaryl/α,β-unsaturated/α-hetero) is 1. The summed E-state index contributed by atoms with van der Waals surface area (Å²) in [4.78, 5) is 11.4. The SMILES string of the molecule is O=C1CCc2ccccc2C1=CO. The zero-order chi connectivity index (χ0) is 9.26. The van der Waals surface area contributed by atoms with Crippen molar-refractivity contribution >= 4 is 11.4 Å². The second-order valence-electron chi connectivity index (χ2n) is 3.12. The summed E-state index contributed by atoms with van der Waals surface area (Å²) in [5.41, 5.74) is 2.46. The third-order valence-electron chi connectivity index (χ3n) is 2.36. The van der Waals surface area contributed by atoms with E-state index in [1.165, 1.54) is 0 Å². The van der Waals surface area contributed by atoms with Crippen LogP contribution in [0.5, 0.6) is 0 Å². The van der Waals surface area contributed by atoms with Crippen LogP contribution in [0.4, 0.5) is 0 Å². The molecule has 0 fully saturated rings. The van der Waals surface area contributed by atoms with E-state index in [9.17, 15) is 4.79 Å². The summed E-state index contributed by atoms with van der Waals surface area (Å²) in [7, 11) is 0. The van der Waals surface area contributed by atoms with Gasteiger partial charge in [0, 0.05) is 6.42 Å². The Kier molecular flexibility index (Phi) is 1.89. The van der Waals surface area contributed by atoms with Crippen LogP contribution in [-0.4, -0.2) is 10.9 Å². The number of aryl methyl sites for hydroxylation is 1. The molecule has 1 aromatic carbocycles. The van der Waals surface area contributed by atoms with E-state index >= 15 is 0 Å². The van der Waals surface area contributed by atoms with Gasteiger partial charge in [-0.25, -0.2) is 0 Å². The lowest BCUT2D eigenvalue weighted by atomic mass is 9.87. The molecule has 0 aromatic heterocycles. The molecule has 2 nitrogen and oxygen atoms in total. The standard InChI is InChI=1S/C11H10O2/c12-7-10-9-4-2-1-3-8(9)5-6-11(10)13/h1-4,7,12H,5-6H2. The van der Waals surface area contributed by atoms with E-state index < -0.39 is 0 Å². The highest BCUT2D eigenvalue weighted by Gasteiger charge is 2.20. The van der Waals surface area contributed by atoms with E-state index in [1.807, 2.05) is 24.3 Å². The number of aliphatic hydroxyl groups is 1. The maximum atomic E-state index is 11.4. The number of allylic oxidation sites excluding steroid dienone is 1. The molecule has 0 aliphatic heterocycles. The van der Waals surface area contributed by atoms with Gasteiger partial charge in [-0.1, -0.05) is 24.3 Å². The molecule has 13 heavy (non-hydrogen) atoms. The molecule has 1 N–H and O–H groups in total. The van der Waals surface area contributed by atoms with Gasteiger partial charge in [-0.05, 0) is 17.5 Å². The van der Waals surface area contributed by atoms with Gasteiger partial charge >= 0.3 is 0 Å². The molecule has 1 aromatic rings. The van der Waals surface area contributed by atoms with Crippen molar-refractivity contribution in [2.24, 2.45) is 0 Å². The lowest BCUT2D eigenvalue weighted by molar-refractivity contribution is -0.114. The first-order valence-electron chi connectivity index (χ1n) is 4.29. The fraction of sp³-hybridized carbons (Fsp3) is 0.182. The van der Waals surface area contributed by atoms with Crippen LogP contribution < -0.4 is 0 Å². The number of hydrogen-bond acceptors (Lipinski definition) is 2. The van der Waals surface area contributed by atoms with E-state index in [0.29, 0.717) is 12.0 Å². The van der Waals surface area contributed by atoms with Crippen molar-refractivity contribution in [1.82, 2.24) is 0 Å². The topological polar surface area (TPSA) is 37.3 Å². The molecule has 1 aliphatic rings. The van der Waals surface area contributed by atoms with Crippen LogP contribution in [-0.2, 0) is 11.2 Å². The minimum Gasteiger partial charge on any atom is -0.515 e. The van der Waals surface area contributed by atoms with Crippen LogP contribution in [0, 0.1) is 0 Å². The summed E-state index contributed by atoms with van der Waals surface area (Å²) in [5, 5.41) is 8.93. The Bertz CT molecular complexity index is 377. The number of rotatable bonds is 0. The molecule has 66 valence electrons. The van der Waals surface area contributed by atoms with E-state index in [2.05, 4.69) is 0 Å². The van der Waals surface area contributed by atoms with Crippen LogP contribution in [0.15, 0.2) is 30.5 Å².